The number of rotatable bonds is 10. The van der Waals surface area contributed by atoms with Crippen molar-refractivity contribution in [3.8, 4) is 0 Å². The first-order chi connectivity index (χ1) is 13.6. The topological polar surface area (TPSA) is 40.6 Å². The SMILES string of the molecule is CO[Si](OC)(OC)c1cc(C)ccc1SSSSSc1nc2ccccc2s1. The zero-order valence-corrected chi connectivity index (χ0v) is 21.6. The van der Waals surface area contributed by atoms with Gasteiger partial charge in [-0.2, -0.15) is 0 Å². The van der Waals surface area contributed by atoms with Crippen molar-refractivity contribution < 1.29 is 13.3 Å². The van der Waals surface area contributed by atoms with Crippen LogP contribution in [0.1, 0.15) is 5.56 Å². The Bertz CT molecular complexity index is 880. The Morgan fingerprint density at radius 1 is 0.893 bits per heavy atom. The van der Waals surface area contributed by atoms with Crippen LogP contribution in [0.15, 0.2) is 51.7 Å². The molecule has 0 unspecified atom stereocenters. The molecule has 2 aromatic carbocycles. The van der Waals surface area contributed by atoms with E-state index in [0.29, 0.717) is 0 Å². The molecule has 0 aliphatic carbocycles. The average molecular weight is 506 g/mol. The third-order valence-corrected chi connectivity index (χ3v) is 16.3. The van der Waals surface area contributed by atoms with Gasteiger partial charge in [-0.15, -0.1) is 11.3 Å². The number of hydrogen-bond donors (Lipinski definition) is 0. The van der Waals surface area contributed by atoms with E-state index in [0.717, 1.165) is 25.5 Å². The molecule has 0 N–H and O–H groups in total. The summed E-state index contributed by atoms with van der Waals surface area (Å²) in [5.74, 6) is 0. The smallest absolute Gasteiger partial charge is 0.373 e. The molecular weight excluding hydrogens is 487 g/mol. The Kier molecular flexibility index (Phi) is 8.96. The van der Waals surface area contributed by atoms with Crippen LogP contribution in [-0.4, -0.2) is 35.1 Å². The molecule has 0 aliphatic heterocycles. The van der Waals surface area contributed by atoms with E-state index in [1.807, 2.05) is 12.1 Å². The Balaban J connectivity index is 1.58. The lowest BCUT2D eigenvalue weighted by molar-refractivity contribution is 0.140. The van der Waals surface area contributed by atoms with E-state index in [9.17, 15) is 0 Å². The van der Waals surface area contributed by atoms with Gasteiger partial charge in [0.1, 0.15) is 0 Å². The molecule has 0 aliphatic rings. The largest absolute Gasteiger partial charge is 0.537 e. The van der Waals surface area contributed by atoms with Crippen LogP contribution in [0.5, 0.6) is 0 Å². The first kappa shape index (κ1) is 22.9. The van der Waals surface area contributed by atoms with Crippen molar-refractivity contribution in [2.75, 3.05) is 21.3 Å². The maximum absolute atomic E-state index is 5.68. The second-order valence-corrected chi connectivity index (χ2v) is 17.1. The van der Waals surface area contributed by atoms with Crippen molar-refractivity contribution in [1.82, 2.24) is 4.98 Å². The lowest BCUT2D eigenvalue weighted by Gasteiger charge is -2.26. The number of nitrogens with zero attached hydrogens (tertiary/aromatic N) is 1. The number of benzene rings is 2. The minimum Gasteiger partial charge on any atom is -0.373 e. The molecule has 3 rings (SSSR count). The van der Waals surface area contributed by atoms with E-state index >= 15 is 0 Å². The van der Waals surface area contributed by atoms with Crippen molar-refractivity contribution in [2.45, 2.75) is 16.2 Å². The summed E-state index contributed by atoms with van der Waals surface area (Å²) in [5, 5.41) is 1.00. The summed E-state index contributed by atoms with van der Waals surface area (Å²) in [5.41, 5.74) is 2.22. The van der Waals surface area contributed by atoms with Crippen LogP contribution in [0.3, 0.4) is 0 Å². The highest BCUT2D eigenvalue weighted by atomic mass is 33.8. The van der Waals surface area contributed by atoms with Crippen LogP contribution in [0.2, 0.25) is 0 Å². The molecule has 28 heavy (non-hydrogen) atoms. The zero-order chi connectivity index (χ0) is 20.0. The quantitative estimate of drug-likeness (QED) is 0.176. The maximum Gasteiger partial charge on any atom is 0.537 e. The highest BCUT2D eigenvalue weighted by Crippen LogP contribution is 2.53. The lowest BCUT2D eigenvalue weighted by atomic mass is 10.2. The van der Waals surface area contributed by atoms with Gasteiger partial charge in [0, 0.05) is 31.4 Å². The van der Waals surface area contributed by atoms with Crippen LogP contribution in [0.4, 0.5) is 0 Å². The molecule has 1 heterocycles. The second-order valence-electron chi connectivity index (χ2n) is 5.49. The van der Waals surface area contributed by atoms with E-state index in [-0.39, 0.29) is 0 Å². The van der Waals surface area contributed by atoms with Crippen molar-refractivity contribution in [2.24, 2.45) is 0 Å². The maximum atomic E-state index is 5.68. The molecule has 1 aromatic heterocycles. The van der Waals surface area contributed by atoms with Crippen LogP contribution in [0, 0.1) is 6.92 Å². The standard InChI is InChI=1S/C17H19NO3S6Si/c1-12-9-10-15(16(11-12)28(19-2,20-3)21-4)23-25-27-26-24-17-18-13-7-5-6-8-14(13)22-17/h5-11H,1-4H3. The Hall–Kier alpha value is 0.177. The molecule has 0 amide bonds. The molecule has 0 spiro atoms. The number of thiazole rings is 1. The molecule has 0 saturated carbocycles. The molecule has 0 atom stereocenters. The van der Waals surface area contributed by atoms with E-state index in [1.54, 1.807) is 83.7 Å². The summed E-state index contributed by atoms with van der Waals surface area (Å²) in [4.78, 5) is 5.75. The minimum atomic E-state index is -2.87. The van der Waals surface area contributed by atoms with Gasteiger partial charge in [-0.25, -0.2) is 4.98 Å². The number of para-hydroxylation sites is 1. The van der Waals surface area contributed by atoms with Crippen LogP contribution < -0.4 is 5.19 Å². The number of hydrogen-bond acceptors (Lipinski definition) is 10. The van der Waals surface area contributed by atoms with Gasteiger partial charge in [-0.3, -0.25) is 0 Å². The number of fused-ring (bicyclic) bond motifs is 1. The minimum absolute atomic E-state index is 1.00. The van der Waals surface area contributed by atoms with Crippen molar-refractivity contribution >= 4 is 86.6 Å². The van der Waals surface area contributed by atoms with E-state index in [1.165, 1.54) is 4.70 Å². The monoisotopic (exact) mass is 505 g/mol. The van der Waals surface area contributed by atoms with Crippen molar-refractivity contribution in [3.05, 3.63) is 48.0 Å². The summed E-state index contributed by atoms with van der Waals surface area (Å²) in [6, 6.07) is 14.5. The predicted molar refractivity (Wildman–Crippen MR) is 132 cm³/mol. The summed E-state index contributed by atoms with van der Waals surface area (Å²) >= 11 is 1.73. The van der Waals surface area contributed by atoms with Crippen LogP contribution in [-0.2, 0) is 13.3 Å². The Labute approximate surface area is 189 Å². The number of aryl methyl sites for hydroxylation is 1. The molecule has 150 valence electrons. The molecule has 11 heteroatoms. The fourth-order valence-electron chi connectivity index (χ4n) is 2.53. The van der Waals surface area contributed by atoms with E-state index in [4.69, 9.17) is 13.3 Å². The molecular formula is C17H19NO3S6Si. The van der Waals surface area contributed by atoms with Crippen LogP contribution >= 0.6 is 62.4 Å². The summed E-state index contributed by atoms with van der Waals surface area (Å²) < 4.78 is 19.3. The first-order valence-electron chi connectivity index (χ1n) is 8.08. The van der Waals surface area contributed by atoms with Gasteiger partial charge in [0.15, 0.2) is 4.34 Å². The van der Waals surface area contributed by atoms with Gasteiger partial charge in [-0.1, -0.05) is 29.8 Å². The first-order valence-corrected chi connectivity index (χ1v) is 16.8. The third-order valence-electron chi connectivity index (χ3n) is 3.83. The number of aromatic nitrogens is 1. The van der Waals surface area contributed by atoms with Gasteiger partial charge >= 0.3 is 8.80 Å². The lowest BCUT2D eigenvalue weighted by Crippen LogP contribution is -2.55. The van der Waals surface area contributed by atoms with Gasteiger partial charge < -0.3 is 13.3 Å². The normalized spacial score (nSPS) is 12.0. The molecule has 0 bridgehead atoms. The average Bonchev–Trinajstić information content (AvgIpc) is 3.14. The second kappa shape index (κ2) is 11.0. The fraction of sp³-hybridized carbons (Fsp3) is 0.235. The van der Waals surface area contributed by atoms with Gasteiger partial charge in [-0.05, 0) is 76.2 Å². The Morgan fingerprint density at radius 2 is 1.61 bits per heavy atom. The summed E-state index contributed by atoms with van der Waals surface area (Å²) in [6.07, 6.45) is 0. The zero-order valence-electron chi connectivity index (χ0n) is 15.7. The van der Waals surface area contributed by atoms with Gasteiger partial charge in [0.25, 0.3) is 0 Å². The molecule has 4 nitrogen and oxygen atoms in total. The van der Waals surface area contributed by atoms with E-state index < -0.39 is 8.80 Å². The van der Waals surface area contributed by atoms with Gasteiger partial charge in [0.2, 0.25) is 0 Å². The van der Waals surface area contributed by atoms with Crippen molar-refractivity contribution in [1.29, 1.82) is 0 Å². The molecule has 0 radical (unpaired) electrons. The van der Waals surface area contributed by atoms with Crippen LogP contribution in [0.25, 0.3) is 10.2 Å². The highest BCUT2D eigenvalue weighted by molar-refractivity contribution is 9.35. The summed E-state index contributed by atoms with van der Waals surface area (Å²) in [6.45, 7) is 2.06. The highest BCUT2D eigenvalue weighted by Gasteiger charge is 2.43. The molecule has 0 saturated heterocycles. The molecule has 0 fully saturated rings. The Morgan fingerprint density at radius 3 is 2.32 bits per heavy atom. The summed E-state index contributed by atoms with van der Waals surface area (Å²) in [7, 11) is 10.6. The molecule has 3 aromatic rings. The predicted octanol–water partition coefficient (Wildman–Crippen LogP) is 6.43. The third kappa shape index (κ3) is 5.45. The van der Waals surface area contributed by atoms with E-state index in [2.05, 4.69) is 42.2 Å². The van der Waals surface area contributed by atoms with Gasteiger partial charge in [0.05, 0.1) is 10.2 Å². The van der Waals surface area contributed by atoms with Crippen molar-refractivity contribution in [3.63, 3.8) is 0 Å². The fourth-order valence-corrected chi connectivity index (χ4v) is 15.0.